The van der Waals surface area contributed by atoms with Crippen LogP contribution in [-0.4, -0.2) is 29.5 Å². The summed E-state index contributed by atoms with van der Waals surface area (Å²) in [7, 11) is 0. The molecule has 4 heteroatoms. The summed E-state index contributed by atoms with van der Waals surface area (Å²) in [5.41, 5.74) is 0.932. The van der Waals surface area contributed by atoms with Crippen molar-refractivity contribution in [2.45, 2.75) is 6.42 Å². The van der Waals surface area contributed by atoms with E-state index in [2.05, 4.69) is 0 Å². The van der Waals surface area contributed by atoms with Crippen molar-refractivity contribution < 1.29 is 14.4 Å². The van der Waals surface area contributed by atoms with E-state index < -0.39 is 0 Å². The van der Waals surface area contributed by atoms with Crippen molar-refractivity contribution in [1.29, 1.82) is 0 Å². The largest absolute Gasteiger partial charge is 0.303 e. The number of fused-ring (bicyclic) bond motifs is 1. The molecule has 2 amide bonds. The minimum atomic E-state index is -0.242. The zero-order chi connectivity index (χ0) is 14.8. The summed E-state index contributed by atoms with van der Waals surface area (Å²) in [5, 5.41) is 0. The van der Waals surface area contributed by atoms with Gasteiger partial charge in [-0.05, 0) is 24.5 Å². The number of amides is 2. The van der Waals surface area contributed by atoms with Gasteiger partial charge >= 0.3 is 0 Å². The standard InChI is InChI=1S/C17H15NO3/c19-11-13-6-2-1-5-12(13)9-10-18-16(20)14-7-3-4-8-15(14)17(18)21/h1-8,11-13H,9-10H2. The van der Waals surface area contributed by atoms with E-state index >= 15 is 0 Å². The van der Waals surface area contributed by atoms with Gasteiger partial charge in [0.05, 0.1) is 11.1 Å². The van der Waals surface area contributed by atoms with Gasteiger partial charge in [0.2, 0.25) is 0 Å². The minimum absolute atomic E-state index is 0.0387. The molecule has 1 heterocycles. The monoisotopic (exact) mass is 281 g/mol. The predicted molar refractivity (Wildman–Crippen MR) is 77.8 cm³/mol. The lowest BCUT2D eigenvalue weighted by Gasteiger charge is -2.22. The number of rotatable bonds is 4. The lowest BCUT2D eigenvalue weighted by molar-refractivity contribution is -0.110. The first-order valence-electron chi connectivity index (χ1n) is 6.98. The summed E-state index contributed by atoms with van der Waals surface area (Å²) < 4.78 is 0. The Kier molecular flexibility index (Phi) is 3.52. The molecule has 0 radical (unpaired) electrons. The first-order chi connectivity index (χ1) is 10.2. The summed E-state index contributed by atoms with van der Waals surface area (Å²) in [6.45, 7) is 0.333. The average Bonchev–Trinajstić information content (AvgIpc) is 2.78. The Labute approximate surface area is 122 Å². The van der Waals surface area contributed by atoms with E-state index in [1.54, 1.807) is 24.3 Å². The fraction of sp³-hybridized carbons (Fsp3) is 0.235. The van der Waals surface area contributed by atoms with E-state index in [-0.39, 0.29) is 23.7 Å². The molecule has 0 N–H and O–H groups in total. The molecule has 1 aliphatic carbocycles. The van der Waals surface area contributed by atoms with Crippen molar-refractivity contribution in [2.75, 3.05) is 6.54 Å². The molecule has 0 fully saturated rings. The Morgan fingerprint density at radius 1 is 1.00 bits per heavy atom. The molecule has 0 bridgehead atoms. The molecule has 0 spiro atoms. The Hall–Kier alpha value is -2.49. The van der Waals surface area contributed by atoms with Gasteiger partial charge < -0.3 is 4.79 Å². The van der Waals surface area contributed by atoms with E-state index in [0.717, 1.165) is 6.29 Å². The Balaban J connectivity index is 1.71. The van der Waals surface area contributed by atoms with Gasteiger partial charge in [-0.1, -0.05) is 36.4 Å². The summed E-state index contributed by atoms with van der Waals surface area (Å²) in [5.74, 6) is -0.621. The number of carbonyl (C=O) groups is 3. The molecule has 3 rings (SSSR count). The summed E-state index contributed by atoms with van der Waals surface area (Å²) in [4.78, 5) is 36.8. The summed E-state index contributed by atoms with van der Waals surface area (Å²) in [6.07, 6.45) is 9.05. The lowest BCUT2D eigenvalue weighted by atomic mass is 9.87. The first-order valence-corrected chi connectivity index (χ1v) is 6.98. The van der Waals surface area contributed by atoms with Gasteiger partial charge in [0.25, 0.3) is 11.8 Å². The van der Waals surface area contributed by atoms with Crippen LogP contribution in [0.2, 0.25) is 0 Å². The van der Waals surface area contributed by atoms with Gasteiger partial charge in [0.15, 0.2) is 0 Å². The Morgan fingerprint density at radius 3 is 2.24 bits per heavy atom. The van der Waals surface area contributed by atoms with Gasteiger partial charge in [0, 0.05) is 12.5 Å². The Morgan fingerprint density at radius 2 is 1.62 bits per heavy atom. The molecule has 2 atom stereocenters. The van der Waals surface area contributed by atoms with Crippen LogP contribution in [0, 0.1) is 11.8 Å². The zero-order valence-electron chi connectivity index (χ0n) is 11.4. The average molecular weight is 281 g/mol. The molecule has 1 aromatic rings. The maximum Gasteiger partial charge on any atom is 0.261 e. The molecular formula is C17H15NO3. The third kappa shape index (κ3) is 2.33. The molecule has 1 aliphatic heterocycles. The van der Waals surface area contributed by atoms with Gasteiger partial charge in [-0.15, -0.1) is 0 Å². The molecule has 4 nitrogen and oxygen atoms in total. The fourth-order valence-electron chi connectivity index (χ4n) is 2.83. The Bertz CT molecular complexity index is 625. The summed E-state index contributed by atoms with van der Waals surface area (Å²) in [6, 6.07) is 6.86. The van der Waals surface area contributed by atoms with Crippen molar-refractivity contribution in [2.24, 2.45) is 11.8 Å². The number of nitrogens with zero attached hydrogens (tertiary/aromatic N) is 1. The van der Waals surface area contributed by atoms with Crippen LogP contribution >= 0.6 is 0 Å². The lowest BCUT2D eigenvalue weighted by Crippen LogP contribution is -2.32. The van der Waals surface area contributed by atoms with Crippen molar-refractivity contribution in [3.63, 3.8) is 0 Å². The highest BCUT2D eigenvalue weighted by Gasteiger charge is 2.35. The van der Waals surface area contributed by atoms with E-state index in [0.29, 0.717) is 24.1 Å². The van der Waals surface area contributed by atoms with Gasteiger partial charge in [0.1, 0.15) is 6.29 Å². The maximum atomic E-state index is 12.2. The predicted octanol–water partition coefficient (Wildman–Crippen LogP) is 2.23. The minimum Gasteiger partial charge on any atom is -0.303 e. The van der Waals surface area contributed by atoms with Crippen LogP contribution < -0.4 is 0 Å². The van der Waals surface area contributed by atoms with E-state index in [1.165, 1.54) is 4.90 Å². The number of hydrogen-bond donors (Lipinski definition) is 0. The van der Waals surface area contributed by atoms with E-state index in [4.69, 9.17) is 0 Å². The zero-order valence-corrected chi connectivity index (χ0v) is 11.4. The normalized spacial score (nSPS) is 23.5. The van der Waals surface area contributed by atoms with E-state index in [9.17, 15) is 14.4 Å². The van der Waals surface area contributed by atoms with Crippen LogP contribution in [0.5, 0.6) is 0 Å². The van der Waals surface area contributed by atoms with Crippen molar-refractivity contribution >= 4 is 18.1 Å². The highest BCUT2D eigenvalue weighted by atomic mass is 16.2. The van der Waals surface area contributed by atoms with Crippen LogP contribution in [0.4, 0.5) is 0 Å². The van der Waals surface area contributed by atoms with Gasteiger partial charge in [-0.25, -0.2) is 0 Å². The molecule has 1 aromatic carbocycles. The van der Waals surface area contributed by atoms with Crippen LogP contribution in [0.1, 0.15) is 27.1 Å². The molecule has 0 saturated heterocycles. The second-order valence-electron chi connectivity index (χ2n) is 5.24. The topological polar surface area (TPSA) is 54.5 Å². The second-order valence-corrected chi connectivity index (χ2v) is 5.24. The maximum absolute atomic E-state index is 12.2. The number of imide groups is 1. The highest BCUT2D eigenvalue weighted by Crippen LogP contribution is 2.26. The number of benzene rings is 1. The van der Waals surface area contributed by atoms with E-state index in [1.807, 2.05) is 24.3 Å². The molecule has 2 aliphatic rings. The first kappa shape index (κ1) is 13.5. The SMILES string of the molecule is O=CC1C=CC=CC1CCN1C(=O)c2ccccc2C1=O. The number of aldehydes is 1. The molecule has 21 heavy (non-hydrogen) atoms. The molecule has 0 saturated carbocycles. The molecule has 0 aromatic heterocycles. The van der Waals surface area contributed by atoms with Crippen molar-refractivity contribution in [3.8, 4) is 0 Å². The van der Waals surface area contributed by atoms with Crippen LogP contribution in [0.15, 0.2) is 48.6 Å². The fourth-order valence-corrected chi connectivity index (χ4v) is 2.83. The number of carbonyl (C=O) groups excluding carboxylic acids is 3. The molecule has 2 unspecified atom stereocenters. The van der Waals surface area contributed by atoms with Gasteiger partial charge in [-0.2, -0.15) is 0 Å². The van der Waals surface area contributed by atoms with Crippen LogP contribution in [-0.2, 0) is 4.79 Å². The van der Waals surface area contributed by atoms with Gasteiger partial charge in [-0.3, -0.25) is 14.5 Å². The number of allylic oxidation sites excluding steroid dienone is 4. The smallest absolute Gasteiger partial charge is 0.261 e. The molecule has 106 valence electrons. The third-order valence-corrected chi connectivity index (χ3v) is 4.02. The second kappa shape index (κ2) is 5.48. The number of hydrogen-bond acceptors (Lipinski definition) is 3. The van der Waals surface area contributed by atoms with Crippen LogP contribution in [0.3, 0.4) is 0 Å². The van der Waals surface area contributed by atoms with Crippen molar-refractivity contribution in [3.05, 3.63) is 59.7 Å². The van der Waals surface area contributed by atoms with Crippen molar-refractivity contribution in [1.82, 2.24) is 4.90 Å². The summed E-state index contributed by atoms with van der Waals surface area (Å²) >= 11 is 0. The molecular weight excluding hydrogens is 266 g/mol. The highest BCUT2D eigenvalue weighted by molar-refractivity contribution is 6.21. The van der Waals surface area contributed by atoms with Crippen LogP contribution in [0.25, 0.3) is 0 Å². The third-order valence-electron chi connectivity index (χ3n) is 4.02. The quantitative estimate of drug-likeness (QED) is 0.628.